The molecule has 1 aliphatic heterocycles. The Bertz CT molecular complexity index is 691. The molecule has 3 N–H and O–H groups in total. The fraction of sp³-hybridized carbons (Fsp3) is 0.600. The Kier molecular flexibility index (Phi) is 17.3. The number of unbranched alkanes of at least 4 members (excludes halogenated alkanes) is 2. The number of aromatic nitrogens is 2. The summed E-state index contributed by atoms with van der Waals surface area (Å²) in [5, 5.41) is 9.40. The Balaban J connectivity index is 0.000000867. The highest BCUT2D eigenvalue weighted by atomic mass is 16.2. The van der Waals surface area contributed by atoms with Crippen LogP contribution in [0.3, 0.4) is 0 Å². The predicted octanol–water partition coefficient (Wildman–Crippen LogP) is 4.99. The Morgan fingerprint density at radius 1 is 1.16 bits per heavy atom. The molecule has 0 saturated carbocycles. The van der Waals surface area contributed by atoms with Crippen molar-refractivity contribution in [2.45, 2.75) is 80.3 Å². The molecule has 1 amide bonds. The Morgan fingerprint density at radius 2 is 1.87 bits per heavy atom. The zero-order valence-electron chi connectivity index (χ0n) is 20.8. The number of nitrogens with one attached hydrogen (secondary N) is 3. The lowest BCUT2D eigenvalue weighted by atomic mass is 10.1. The van der Waals surface area contributed by atoms with Crippen molar-refractivity contribution in [1.82, 2.24) is 20.2 Å². The zero-order valence-corrected chi connectivity index (χ0v) is 20.8. The van der Waals surface area contributed by atoms with Gasteiger partial charge in [0.2, 0.25) is 5.91 Å². The van der Waals surface area contributed by atoms with E-state index in [1.807, 2.05) is 76.0 Å². The minimum atomic E-state index is -0.172. The summed E-state index contributed by atoms with van der Waals surface area (Å²) in [5.74, 6) is 0.00262. The van der Waals surface area contributed by atoms with Crippen molar-refractivity contribution in [3.63, 3.8) is 0 Å². The van der Waals surface area contributed by atoms with Gasteiger partial charge in [0, 0.05) is 38.1 Å². The van der Waals surface area contributed by atoms with Crippen molar-refractivity contribution in [3.8, 4) is 0 Å². The normalized spacial score (nSPS) is 14.6. The molecule has 1 aliphatic rings. The molecule has 1 atom stereocenters. The molecule has 0 spiro atoms. The second-order valence-electron chi connectivity index (χ2n) is 6.94. The van der Waals surface area contributed by atoms with E-state index in [1.54, 1.807) is 0 Å². The predicted molar refractivity (Wildman–Crippen MR) is 134 cm³/mol. The molecule has 0 unspecified atom stereocenters. The second kappa shape index (κ2) is 18.6. The smallest absolute Gasteiger partial charge is 0.242 e. The van der Waals surface area contributed by atoms with Gasteiger partial charge < -0.3 is 20.5 Å². The summed E-state index contributed by atoms with van der Waals surface area (Å²) in [6.07, 6.45) is 7.90. The van der Waals surface area contributed by atoms with Crippen LogP contribution in [-0.2, 0) is 11.3 Å². The number of anilines is 1. The number of nitrogens with zero attached hydrogens (tertiary/aromatic N) is 2. The highest BCUT2D eigenvalue weighted by molar-refractivity contribution is 5.95. The van der Waals surface area contributed by atoms with E-state index in [4.69, 9.17) is 0 Å². The minimum Gasteiger partial charge on any atom is -0.333 e. The maximum absolute atomic E-state index is 12.2. The summed E-state index contributed by atoms with van der Waals surface area (Å²) in [6, 6.07) is 7.75. The van der Waals surface area contributed by atoms with Gasteiger partial charge in [-0.05, 0) is 24.6 Å². The van der Waals surface area contributed by atoms with Crippen LogP contribution in [0.4, 0.5) is 5.69 Å². The fourth-order valence-electron chi connectivity index (χ4n) is 2.94. The lowest BCUT2D eigenvalue weighted by molar-refractivity contribution is -0.118. The van der Waals surface area contributed by atoms with Gasteiger partial charge in [-0.25, -0.2) is 4.98 Å². The van der Waals surface area contributed by atoms with Crippen molar-refractivity contribution in [2.75, 3.05) is 25.0 Å². The van der Waals surface area contributed by atoms with Gasteiger partial charge in [-0.3, -0.25) is 4.79 Å². The van der Waals surface area contributed by atoms with E-state index >= 15 is 0 Å². The zero-order chi connectivity index (χ0) is 23.5. The third-order valence-corrected chi connectivity index (χ3v) is 4.39. The number of amides is 1. The Morgan fingerprint density at radius 3 is 2.39 bits per heavy atom. The maximum atomic E-state index is 12.2. The Labute approximate surface area is 190 Å². The molecule has 176 valence electrons. The van der Waals surface area contributed by atoms with Gasteiger partial charge in [-0.15, -0.1) is 0 Å². The number of hydrogen-bond acceptors (Lipinski definition) is 4. The van der Waals surface area contributed by atoms with Crippen molar-refractivity contribution >= 4 is 11.6 Å². The highest BCUT2D eigenvalue weighted by Crippen LogP contribution is 2.13. The molecule has 3 rings (SSSR count). The minimum absolute atomic E-state index is 0.00262. The molecular formula is C25H45N5O. The molecule has 0 aliphatic carbocycles. The molecule has 2 heterocycles. The van der Waals surface area contributed by atoms with Crippen LogP contribution < -0.4 is 16.0 Å². The van der Waals surface area contributed by atoms with E-state index in [2.05, 4.69) is 34.8 Å². The summed E-state index contributed by atoms with van der Waals surface area (Å²) in [7, 11) is 0. The summed E-state index contributed by atoms with van der Waals surface area (Å²) < 4.78 is 2.03. The number of aryl methyl sites for hydroxylation is 1. The number of rotatable bonds is 6. The van der Waals surface area contributed by atoms with Gasteiger partial charge in [-0.1, -0.05) is 72.9 Å². The average molecular weight is 432 g/mol. The summed E-state index contributed by atoms with van der Waals surface area (Å²) in [5.41, 5.74) is 2.96. The SMILES string of the molecule is CC.CC.CCCCC.Cc1cn(Cc2cccc(NC(=O)[C@H]3CNCCN3)c2)cn1. The highest BCUT2D eigenvalue weighted by Gasteiger charge is 2.20. The molecule has 1 fully saturated rings. The van der Waals surface area contributed by atoms with Gasteiger partial charge in [-0.2, -0.15) is 0 Å². The van der Waals surface area contributed by atoms with E-state index in [1.165, 1.54) is 19.3 Å². The van der Waals surface area contributed by atoms with Gasteiger partial charge in [0.05, 0.1) is 18.1 Å². The van der Waals surface area contributed by atoms with Crippen LogP contribution in [0.5, 0.6) is 0 Å². The van der Waals surface area contributed by atoms with Crippen LogP contribution in [0.25, 0.3) is 0 Å². The first-order valence-corrected chi connectivity index (χ1v) is 11.9. The van der Waals surface area contributed by atoms with Crippen LogP contribution in [0.1, 0.15) is 72.1 Å². The van der Waals surface area contributed by atoms with Crippen molar-refractivity contribution < 1.29 is 4.79 Å². The molecule has 31 heavy (non-hydrogen) atoms. The molecule has 0 radical (unpaired) electrons. The van der Waals surface area contributed by atoms with Crippen LogP contribution >= 0.6 is 0 Å². The summed E-state index contributed by atoms with van der Waals surface area (Å²) in [4.78, 5) is 16.4. The lowest BCUT2D eigenvalue weighted by Gasteiger charge is -2.23. The number of carbonyl (C=O) groups is 1. The van der Waals surface area contributed by atoms with E-state index in [0.29, 0.717) is 6.54 Å². The van der Waals surface area contributed by atoms with Gasteiger partial charge in [0.25, 0.3) is 0 Å². The number of benzene rings is 1. The third-order valence-electron chi connectivity index (χ3n) is 4.39. The average Bonchev–Trinajstić information content (AvgIpc) is 3.23. The van der Waals surface area contributed by atoms with E-state index in [-0.39, 0.29) is 11.9 Å². The largest absolute Gasteiger partial charge is 0.333 e. The molecule has 6 heteroatoms. The number of hydrogen-bond donors (Lipinski definition) is 3. The number of piperazine rings is 1. The standard InChI is InChI=1S/C16H21N5O.C5H12.2C2H6/c1-12-9-21(11-19-12)10-13-3-2-4-14(7-13)20-16(22)15-8-17-5-6-18-15;1-3-5-4-2;2*1-2/h2-4,7,9,11,15,17-18H,5-6,8,10H2,1H3,(H,20,22);3-5H2,1-2H3;2*1-2H3/t15-;;;/m1.../s1. The van der Waals surface area contributed by atoms with Crippen LogP contribution in [0, 0.1) is 6.92 Å². The molecular weight excluding hydrogens is 386 g/mol. The quantitative estimate of drug-likeness (QED) is 0.603. The first-order valence-electron chi connectivity index (χ1n) is 11.9. The summed E-state index contributed by atoms with van der Waals surface area (Å²) >= 11 is 0. The van der Waals surface area contributed by atoms with E-state index in [0.717, 1.165) is 36.6 Å². The van der Waals surface area contributed by atoms with Gasteiger partial charge >= 0.3 is 0 Å². The molecule has 0 bridgehead atoms. The first kappa shape index (κ1) is 28.8. The van der Waals surface area contributed by atoms with Gasteiger partial charge in [0.15, 0.2) is 0 Å². The van der Waals surface area contributed by atoms with Crippen LogP contribution in [-0.4, -0.2) is 41.1 Å². The van der Waals surface area contributed by atoms with Crippen LogP contribution in [0.2, 0.25) is 0 Å². The van der Waals surface area contributed by atoms with Crippen molar-refractivity contribution in [1.29, 1.82) is 0 Å². The first-order chi connectivity index (χ1) is 15.1. The second-order valence-corrected chi connectivity index (χ2v) is 6.94. The number of carbonyl (C=O) groups excluding carboxylic acids is 1. The molecule has 6 nitrogen and oxygen atoms in total. The van der Waals surface area contributed by atoms with Crippen molar-refractivity contribution in [2.24, 2.45) is 0 Å². The summed E-state index contributed by atoms with van der Waals surface area (Å²) in [6.45, 7) is 17.5. The number of imidazole rings is 1. The molecule has 2 aromatic rings. The lowest BCUT2D eigenvalue weighted by Crippen LogP contribution is -2.54. The van der Waals surface area contributed by atoms with Crippen molar-refractivity contribution in [3.05, 3.63) is 48.0 Å². The monoisotopic (exact) mass is 431 g/mol. The van der Waals surface area contributed by atoms with E-state index in [9.17, 15) is 4.79 Å². The van der Waals surface area contributed by atoms with E-state index < -0.39 is 0 Å². The third kappa shape index (κ3) is 12.3. The maximum Gasteiger partial charge on any atom is 0.242 e. The Hall–Kier alpha value is -2.18. The molecule has 1 aromatic heterocycles. The molecule has 1 aromatic carbocycles. The fourth-order valence-corrected chi connectivity index (χ4v) is 2.94. The van der Waals surface area contributed by atoms with Gasteiger partial charge in [0.1, 0.15) is 0 Å². The topological polar surface area (TPSA) is 71.0 Å². The molecule has 1 saturated heterocycles. The van der Waals surface area contributed by atoms with Crippen LogP contribution in [0.15, 0.2) is 36.8 Å².